The fourth-order valence-electron chi connectivity index (χ4n) is 1.30. The largest absolute Gasteiger partial charge is 0.323 e. The molecule has 15 heavy (non-hydrogen) atoms. The van der Waals surface area contributed by atoms with Gasteiger partial charge in [-0.05, 0) is 34.1 Å². The predicted molar refractivity (Wildman–Crippen MR) is 72.0 cm³/mol. The minimum atomic E-state index is 0.0658. The summed E-state index contributed by atoms with van der Waals surface area (Å²) in [7, 11) is 0. The van der Waals surface area contributed by atoms with Crippen LogP contribution in [0.3, 0.4) is 0 Å². The highest BCUT2D eigenvalue weighted by molar-refractivity contribution is 9.10. The summed E-state index contributed by atoms with van der Waals surface area (Å²) in [4.78, 5) is 2.43. The van der Waals surface area contributed by atoms with E-state index in [1.165, 1.54) is 9.75 Å². The molecule has 0 aromatic carbocycles. The number of halogens is 2. The van der Waals surface area contributed by atoms with Crippen LogP contribution in [0.5, 0.6) is 0 Å². The van der Waals surface area contributed by atoms with E-state index in [0.717, 1.165) is 15.2 Å². The second kappa shape index (κ2) is 4.97. The van der Waals surface area contributed by atoms with Gasteiger partial charge in [0.05, 0.1) is 4.34 Å². The van der Waals surface area contributed by atoms with Crippen molar-refractivity contribution in [3.63, 3.8) is 0 Å². The molecule has 1 nitrogen and oxygen atoms in total. The summed E-state index contributed by atoms with van der Waals surface area (Å²) in [6, 6.07) is 6.09. The van der Waals surface area contributed by atoms with Gasteiger partial charge in [0, 0.05) is 32.1 Å². The van der Waals surface area contributed by atoms with Crippen LogP contribution in [0.1, 0.15) is 15.8 Å². The first-order valence-corrected chi connectivity index (χ1v) is 7.25. The molecule has 0 aliphatic rings. The Morgan fingerprint density at radius 1 is 1.47 bits per heavy atom. The van der Waals surface area contributed by atoms with Crippen molar-refractivity contribution >= 4 is 50.2 Å². The summed E-state index contributed by atoms with van der Waals surface area (Å²) in [6.45, 7) is 0. The summed E-state index contributed by atoms with van der Waals surface area (Å²) >= 11 is 12.6. The standard InChI is InChI=1S/C10H9BrClNS2/c11-6-3-9(14-5-6)8(13)4-7-1-2-10(12)15-7/h1-3,5,8H,4,13H2. The van der Waals surface area contributed by atoms with E-state index < -0.39 is 0 Å². The second-order valence-electron chi connectivity index (χ2n) is 3.18. The normalized spacial score (nSPS) is 13.0. The van der Waals surface area contributed by atoms with Crippen LogP contribution in [0.2, 0.25) is 4.34 Å². The van der Waals surface area contributed by atoms with Crippen molar-refractivity contribution in [3.8, 4) is 0 Å². The minimum absolute atomic E-state index is 0.0658. The summed E-state index contributed by atoms with van der Waals surface area (Å²) in [5.74, 6) is 0. The van der Waals surface area contributed by atoms with Crippen molar-refractivity contribution in [2.75, 3.05) is 0 Å². The molecular formula is C10H9BrClNS2. The smallest absolute Gasteiger partial charge is 0.0931 e. The fourth-order valence-corrected chi connectivity index (χ4v) is 3.90. The van der Waals surface area contributed by atoms with Gasteiger partial charge in [-0.2, -0.15) is 0 Å². The highest BCUT2D eigenvalue weighted by Crippen LogP contribution is 2.29. The lowest BCUT2D eigenvalue weighted by molar-refractivity contribution is 0.745. The molecule has 0 saturated carbocycles. The molecule has 2 rings (SSSR count). The van der Waals surface area contributed by atoms with Gasteiger partial charge in [-0.25, -0.2) is 0 Å². The second-order valence-corrected chi connectivity index (χ2v) is 6.84. The molecule has 0 saturated heterocycles. The summed E-state index contributed by atoms with van der Waals surface area (Å²) in [5, 5.41) is 2.05. The van der Waals surface area contributed by atoms with Crippen LogP contribution in [0, 0.1) is 0 Å². The van der Waals surface area contributed by atoms with E-state index in [4.69, 9.17) is 17.3 Å². The molecule has 0 aliphatic carbocycles. The minimum Gasteiger partial charge on any atom is -0.323 e. The van der Waals surface area contributed by atoms with Gasteiger partial charge in [0.15, 0.2) is 0 Å². The third-order valence-electron chi connectivity index (χ3n) is 2.00. The summed E-state index contributed by atoms with van der Waals surface area (Å²) in [6.07, 6.45) is 0.852. The Morgan fingerprint density at radius 2 is 2.27 bits per heavy atom. The molecule has 0 bridgehead atoms. The van der Waals surface area contributed by atoms with Gasteiger partial charge in [0.1, 0.15) is 0 Å². The molecule has 2 N–H and O–H groups in total. The van der Waals surface area contributed by atoms with Gasteiger partial charge in [-0.3, -0.25) is 0 Å². The topological polar surface area (TPSA) is 26.0 Å². The number of hydrogen-bond acceptors (Lipinski definition) is 3. The Labute approximate surface area is 110 Å². The molecular weight excluding hydrogens is 314 g/mol. The molecule has 0 radical (unpaired) electrons. The quantitative estimate of drug-likeness (QED) is 0.886. The van der Waals surface area contributed by atoms with Gasteiger partial charge in [-0.15, -0.1) is 22.7 Å². The Bertz CT molecular complexity index is 452. The lowest BCUT2D eigenvalue weighted by Gasteiger charge is -2.06. The van der Waals surface area contributed by atoms with Crippen molar-refractivity contribution in [3.05, 3.63) is 42.1 Å². The number of nitrogens with two attached hydrogens (primary N) is 1. The molecule has 0 fully saturated rings. The van der Waals surface area contributed by atoms with Crippen molar-refractivity contribution in [1.29, 1.82) is 0 Å². The Hall–Kier alpha value is 0.130. The monoisotopic (exact) mass is 321 g/mol. The Balaban J connectivity index is 2.06. The van der Waals surface area contributed by atoms with Gasteiger partial charge in [0.25, 0.3) is 0 Å². The molecule has 1 atom stereocenters. The van der Waals surface area contributed by atoms with Crippen LogP contribution in [-0.4, -0.2) is 0 Å². The number of rotatable bonds is 3. The van der Waals surface area contributed by atoms with E-state index in [2.05, 4.69) is 27.4 Å². The van der Waals surface area contributed by atoms with E-state index >= 15 is 0 Å². The maximum Gasteiger partial charge on any atom is 0.0931 e. The summed E-state index contributed by atoms with van der Waals surface area (Å²) < 4.78 is 1.92. The van der Waals surface area contributed by atoms with Crippen molar-refractivity contribution in [2.45, 2.75) is 12.5 Å². The highest BCUT2D eigenvalue weighted by Gasteiger charge is 2.10. The zero-order valence-corrected chi connectivity index (χ0v) is 11.7. The molecule has 0 amide bonds. The molecule has 80 valence electrons. The zero-order valence-electron chi connectivity index (χ0n) is 7.74. The van der Waals surface area contributed by atoms with E-state index in [1.54, 1.807) is 22.7 Å². The molecule has 5 heteroatoms. The lowest BCUT2D eigenvalue weighted by atomic mass is 10.1. The van der Waals surface area contributed by atoms with Gasteiger partial charge < -0.3 is 5.73 Å². The number of hydrogen-bond donors (Lipinski definition) is 1. The highest BCUT2D eigenvalue weighted by atomic mass is 79.9. The van der Waals surface area contributed by atoms with E-state index in [0.29, 0.717) is 0 Å². The van der Waals surface area contributed by atoms with E-state index in [-0.39, 0.29) is 6.04 Å². The molecule has 0 aliphatic heterocycles. The van der Waals surface area contributed by atoms with Gasteiger partial charge in [0.2, 0.25) is 0 Å². The third kappa shape index (κ3) is 3.04. The van der Waals surface area contributed by atoms with Crippen molar-refractivity contribution in [1.82, 2.24) is 0 Å². The van der Waals surface area contributed by atoms with Crippen LogP contribution < -0.4 is 5.73 Å². The Kier molecular flexibility index (Phi) is 3.85. The van der Waals surface area contributed by atoms with Crippen LogP contribution in [-0.2, 0) is 6.42 Å². The van der Waals surface area contributed by atoms with Crippen LogP contribution in [0.4, 0.5) is 0 Å². The first-order chi connectivity index (χ1) is 7.15. The van der Waals surface area contributed by atoms with E-state index in [9.17, 15) is 0 Å². The average Bonchev–Trinajstić information content (AvgIpc) is 2.75. The van der Waals surface area contributed by atoms with E-state index in [1.807, 2.05) is 12.1 Å². The van der Waals surface area contributed by atoms with Gasteiger partial charge >= 0.3 is 0 Å². The first kappa shape index (κ1) is 11.6. The lowest BCUT2D eigenvalue weighted by Crippen LogP contribution is -2.10. The maximum absolute atomic E-state index is 6.10. The number of thiophene rings is 2. The molecule has 2 aromatic heterocycles. The Morgan fingerprint density at radius 3 is 2.80 bits per heavy atom. The molecule has 2 heterocycles. The van der Waals surface area contributed by atoms with Crippen LogP contribution in [0.25, 0.3) is 0 Å². The molecule has 0 spiro atoms. The maximum atomic E-state index is 6.10. The molecule has 1 unspecified atom stereocenters. The molecule has 2 aromatic rings. The average molecular weight is 323 g/mol. The van der Waals surface area contributed by atoms with Crippen molar-refractivity contribution in [2.24, 2.45) is 5.73 Å². The summed E-state index contributed by atoms with van der Waals surface area (Å²) in [5.41, 5.74) is 6.10. The van der Waals surface area contributed by atoms with Gasteiger partial charge in [-0.1, -0.05) is 11.6 Å². The third-order valence-corrected chi connectivity index (χ3v) is 5.08. The van der Waals surface area contributed by atoms with Crippen LogP contribution >= 0.6 is 50.2 Å². The van der Waals surface area contributed by atoms with Crippen LogP contribution in [0.15, 0.2) is 28.1 Å². The predicted octanol–water partition coefficient (Wildman–Crippen LogP) is 4.47. The SMILES string of the molecule is NC(Cc1ccc(Cl)s1)c1cc(Br)cs1. The first-order valence-electron chi connectivity index (χ1n) is 4.39. The zero-order chi connectivity index (χ0) is 10.8. The van der Waals surface area contributed by atoms with Crippen molar-refractivity contribution < 1.29 is 0 Å². The fraction of sp³-hybridized carbons (Fsp3) is 0.200.